The van der Waals surface area contributed by atoms with E-state index in [-0.39, 0.29) is 11.7 Å². The summed E-state index contributed by atoms with van der Waals surface area (Å²) in [6, 6.07) is 14.4. The first kappa shape index (κ1) is 12.5. The summed E-state index contributed by atoms with van der Waals surface area (Å²) < 4.78 is 0. The summed E-state index contributed by atoms with van der Waals surface area (Å²) in [5, 5.41) is 0. The minimum Gasteiger partial charge on any atom is -0.293 e. The van der Waals surface area contributed by atoms with Crippen molar-refractivity contribution in [2.75, 3.05) is 5.75 Å². The fourth-order valence-electron chi connectivity index (χ4n) is 2.57. The van der Waals surface area contributed by atoms with Crippen LogP contribution in [0.3, 0.4) is 0 Å². The number of ketones is 1. The van der Waals surface area contributed by atoms with Crippen molar-refractivity contribution in [1.82, 2.24) is 0 Å². The summed E-state index contributed by atoms with van der Waals surface area (Å²) in [6.07, 6.45) is 0. The van der Waals surface area contributed by atoms with E-state index >= 15 is 0 Å². The molecule has 1 atom stereocenters. The summed E-state index contributed by atoms with van der Waals surface area (Å²) in [5.41, 5.74) is 4.29. The number of Topliss-reactive ketones (excluding diaryl/α,β-unsaturated/α-hetero) is 1. The van der Waals surface area contributed by atoms with Gasteiger partial charge in [-0.2, -0.15) is 0 Å². The van der Waals surface area contributed by atoms with Crippen LogP contribution in [0.2, 0.25) is 0 Å². The lowest BCUT2D eigenvalue weighted by Crippen LogP contribution is -2.14. The van der Waals surface area contributed by atoms with Gasteiger partial charge < -0.3 is 0 Å². The number of aryl methyl sites for hydroxylation is 2. The first-order chi connectivity index (χ1) is 9.16. The normalized spacial score (nSPS) is 17.3. The van der Waals surface area contributed by atoms with Crippen molar-refractivity contribution < 1.29 is 4.79 Å². The molecule has 19 heavy (non-hydrogen) atoms. The standard InChI is InChI=1S/C17H16OS/c1-11-7-8-12(2)14(9-11)17(18)15-10-19-16-6-4-3-5-13(15)16/h3-9,15H,10H2,1-2H3. The molecule has 0 fully saturated rings. The summed E-state index contributed by atoms with van der Waals surface area (Å²) >= 11 is 1.79. The zero-order valence-corrected chi connectivity index (χ0v) is 12.0. The van der Waals surface area contributed by atoms with E-state index in [2.05, 4.69) is 18.2 Å². The lowest BCUT2D eigenvalue weighted by Gasteiger charge is -2.12. The Labute approximate surface area is 118 Å². The maximum atomic E-state index is 12.8. The second kappa shape index (κ2) is 4.86. The summed E-state index contributed by atoms with van der Waals surface area (Å²) in [5.74, 6) is 1.14. The molecule has 2 aromatic rings. The van der Waals surface area contributed by atoms with Gasteiger partial charge in [0, 0.05) is 16.2 Å². The van der Waals surface area contributed by atoms with Crippen LogP contribution in [0.5, 0.6) is 0 Å². The topological polar surface area (TPSA) is 17.1 Å². The smallest absolute Gasteiger partial charge is 0.171 e. The number of carbonyl (C=O) groups excluding carboxylic acids is 1. The van der Waals surface area contributed by atoms with Crippen molar-refractivity contribution in [2.24, 2.45) is 0 Å². The number of hydrogen-bond acceptors (Lipinski definition) is 2. The van der Waals surface area contributed by atoms with Gasteiger partial charge >= 0.3 is 0 Å². The van der Waals surface area contributed by atoms with Crippen molar-refractivity contribution in [1.29, 1.82) is 0 Å². The van der Waals surface area contributed by atoms with Crippen LogP contribution in [0, 0.1) is 13.8 Å². The van der Waals surface area contributed by atoms with Crippen LogP contribution >= 0.6 is 11.8 Å². The number of carbonyl (C=O) groups is 1. The average Bonchev–Trinajstić information content (AvgIpc) is 2.84. The fourth-order valence-corrected chi connectivity index (χ4v) is 3.80. The van der Waals surface area contributed by atoms with E-state index < -0.39 is 0 Å². The number of rotatable bonds is 2. The van der Waals surface area contributed by atoms with E-state index in [0.29, 0.717) is 0 Å². The second-order valence-electron chi connectivity index (χ2n) is 5.08. The van der Waals surface area contributed by atoms with Crippen LogP contribution in [-0.2, 0) is 0 Å². The van der Waals surface area contributed by atoms with Gasteiger partial charge in [-0.15, -0.1) is 11.8 Å². The molecular formula is C17H16OS. The van der Waals surface area contributed by atoms with Gasteiger partial charge in [-0.25, -0.2) is 0 Å². The molecule has 3 rings (SSSR count). The monoisotopic (exact) mass is 268 g/mol. The van der Waals surface area contributed by atoms with Crippen LogP contribution < -0.4 is 0 Å². The first-order valence-electron chi connectivity index (χ1n) is 6.50. The van der Waals surface area contributed by atoms with Crippen LogP contribution in [0.1, 0.15) is 33.0 Å². The Kier molecular flexibility index (Phi) is 3.19. The zero-order chi connectivity index (χ0) is 13.4. The summed E-state index contributed by atoms with van der Waals surface area (Å²) in [6.45, 7) is 4.05. The molecule has 0 spiro atoms. The highest BCUT2D eigenvalue weighted by atomic mass is 32.2. The van der Waals surface area contributed by atoms with Gasteiger partial charge in [0.2, 0.25) is 0 Å². The molecule has 1 aliphatic rings. The van der Waals surface area contributed by atoms with E-state index in [0.717, 1.165) is 22.4 Å². The molecule has 0 N–H and O–H groups in total. The Balaban J connectivity index is 2.00. The summed E-state index contributed by atoms with van der Waals surface area (Å²) in [7, 11) is 0. The van der Waals surface area contributed by atoms with E-state index in [1.165, 1.54) is 10.5 Å². The highest BCUT2D eigenvalue weighted by molar-refractivity contribution is 7.99. The molecule has 0 bridgehead atoms. The van der Waals surface area contributed by atoms with Crippen molar-refractivity contribution in [2.45, 2.75) is 24.7 Å². The van der Waals surface area contributed by atoms with Crippen LogP contribution in [0.25, 0.3) is 0 Å². The Morgan fingerprint density at radius 1 is 1.16 bits per heavy atom. The fraction of sp³-hybridized carbons (Fsp3) is 0.235. The number of fused-ring (bicyclic) bond motifs is 1. The Morgan fingerprint density at radius 3 is 2.79 bits per heavy atom. The van der Waals surface area contributed by atoms with Crippen molar-refractivity contribution in [3.63, 3.8) is 0 Å². The number of hydrogen-bond donors (Lipinski definition) is 0. The van der Waals surface area contributed by atoms with E-state index in [1.807, 2.05) is 38.1 Å². The van der Waals surface area contributed by atoms with Crippen LogP contribution in [0.15, 0.2) is 47.4 Å². The maximum absolute atomic E-state index is 12.8. The van der Waals surface area contributed by atoms with Crippen molar-refractivity contribution in [3.8, 4) is 0 Å². The molecule has 1 unspecified atom stereocenters. The van der Waals surface area contributed by atoms with Crippen molar-refractivity contribution in [3.05, 3.63) is 64.7 Å². The molecule has 2 aromatic carbocycles. The Morgan fingerprint density at radius 2 is 1.95 bits per heavy atom. The first-order valence-corrected chi connectivity index (χ1v) is 7.48. The van der Waals surface area contributed by atoms with E-state index in [1.54, 1.807) is 11.8 Å². The summed E-state index contributed by atoms with van der Waals surface area (Å²) in [4.78, 5) is 14.0. The van der Waals surface area contributed by atoms with Gasteiger partial charge in [0.25, 0.3) is 0 Å². The molecule has 2 heteroatoms. The van der Waals surface area contributed by atoms with Gasteiger partial charge in [-0.05, 0) is 37.1 Å². The molecule has 0 aliphatic carbocycles. The SMILES string of the molecule is Cc1ccc(C)c(C(=O)C2CSc3ccccc32)c1. The third-order valence-electron chi connectivity index (χ3n) is 3.67. The molecule has 0 amide bonds. The average molecular weight is 268 g/mol. The van der Waals surface area contributed by atoms with Gasteiger partial charge in [-0.1, -0.05) is 35.9 Å². The number of thioether (sulfide) groups is 1. The van der Waals surface area contributed by atoms with Crippen LogP contribution in [-0.4, -0.2) is 11.5 Å². The minimum atomic E-state index is 0.0155. The molecule has 1 aliphatic heterocycles. The molecule has 0 saturated carbocycles. The molecular weight excluding hydrogens is 252 g/mol. The maximum Gasteiger partial charge on any atom is 0.171 e. The van der Waals surface area contributed by atoms with E-state index in [4.69, 9.17) is 0 Å². The quantitative estimate of drug-likeness (QED) is 0.752. The van der Waals surface area contributed by atoms with Crippen LogP contribution in [0.4, 0.5) is 0 Å². The molecule has 1 nitrogen and oxygen atoms in total. The molecule has 1 heterocycles. The third-order valence-corrected chi connectivity index (χ3v) is 4.86. The minimum absolute atomic E-state index is 0.0155. The molecule has 0 radical (unpaired) electrons. The largest absolute Gasteiger partial charge is 0.293 e. The Hall–Kier alpha value is -1.54. The second-order valence-corrected chi connectivity index (χ2v) is 6.15. The number of benzene rings is 2. The van der Waals surface area contributed by atoms with E-state index in [9.17, 15) is 4.79 Å². The molecule has 0 aromatic heterocycles. The zero-order valence-electron chi connectivity index (χ0n) is 11.1. The van der Waals surface area contributed by atoms with Gasteiger partial charge in [0.15, 0.2) is 5.78 Å². The van der Waals surface area contributed by atoms with Gasteiger partial charge in [-0.3, -0.25) is 4.79 Å². The van der Waals surface area contributed by atoms with Gasteiger partial charge in [0.05, 0.1) is 5.92 Å². The lowest BCUT2D eigenvalue weighted by atomic mass is 9.90. The Bertz CT molecular complexity index is 645. The molecule has 96 valence electrons. The third kappa shape index (κ3) is 2.21. The lowest BCUT2D eigenvalue weighted by molar-refractivity contribution is 0.0967. The van der Waals surface area contributed by atoms with Gasteiger partial charge in [0.1, 0.15) is 0 Å². The predicted molar refractivity (Wildman–Crippen MR) is 80.2 cm³/mol. The molecule has 0 saturated heterocycles. The highest BCUT2D eigenvalue weighted by Crippen LogP contribution is 2.41. The van der Waals surface area contributed by atoms with Crippen molar-refractivity contribution >= 4 is 17.5 Å². The predicted octanol–water partition coefficient (Wildman–Crippen LogP) is 4.38. The highest BCUT2D eigenvalue weighted by Gasteiger charge is 2.30.